The third-order valence-corrected chi connectivity index (χ3v) is 7.35. The summed E-state index contributed by atoms with van der Waals surface area (Å²) in [6, 6.07) is 4.61. The fraction of sp³-hybridized carbons (Fsp3) is 0.667. The van der Waals surface area contributed by atoms with Gasteiger partial charge in [0.05, 0.1) is 9.82 Å². The van der Waals surface area contributed by atoms with E-state index in [2.05, 4.69) is 6.92 Å². The molecule has 2 aliphatic rings. The van der Waals surface area contributed by atoms with Crippen molar-refractivity contribution in [2.75, 3.05) is 24.5 Å². The molecule has 1 aromatic rings. The molecule has 0 saturated carbocycles. The van der Waals surface area contributed by atoms with Crippen LogP contribution in [0.15, 0.2) is 23.1 Å². The predicted molar refractivity (Wildman–Crippen MR) is 101 cm³/mol. The van der Waals surface area contributed by atoms with Crippen LogP contribution in [-0.4, -0.2) is 43.3 Å². The molecule has 26 heavy (non-hydrogen) atoms. The van der Waals surface area contributed by atoms with Crippen LogP contribution < -0.4 is 4.90 Å². The number of piperidine rings is 1. The molecule has 2 aliphatic heterocycles. The van der Waals surface area contributed by atoms with E-state index in [9.17, 15) is 18.5 Å². The van der Waals surface area contributed by atoms with Crippen molar-refractivity contribution in [2.45, 2.75) is 62.8 Å². The third-order valence-electron chi connectivity index (χ3n) is 5.46. The molecule has 2 saturated heterocycles. The number of rotatable bonds is 4. The van der Waals surface area contributed by atoms with Gasteiger partial charge >= 0.3 is 0 Å². The maximum absolute atomic E-state index is 13.0. The van der Waals surface area contributed by atoms with Crippen molar-refractivity contribution >= 4 is 21.4 Å². The van der Waals surface area contributed by atoms with Gasteiger partial charge in [-0.3, -0.25) is 10.1 Å². The molecule has 7 nitrogen and oxygen atoms in total. The van der Waals surface area contributed by atoms with Crippen molar-refractivity contribution in [3.63, 3.8) is 0 Å². The van der Waals surface area contributed by atoms with E-state index in [-0.39, 0.29) is 16.6 Å². The highest BCUT2D eigenvalue weighted by molar-refractivity contribution is 7.89. The lowest BCUT2D eigenvalue weighted by Gasteiger charge is -2.35. The zero-order valence-corrected chi connectivity index (χ0v) is 16.1. The second kappa shape index (κ2) is 7.92. The maximum Gasteiger partial charge on any atom is 0.293 e. The van der Waals surface area contributed by atoms with Crippen LogP contribution in [0.25, 0.3) is 0 Å². The van der Waals surface area contributed by atoms with E-state index in [0.717, 1.165) is 51.5 Å². The van der Waals surface area contributed by atoms with E-state index >= 15 is 0 Å². The van der Waals surface area contributed by atoms with Gasteiger partial charge in [0.1, 0.15) is 5.69 Å². The molecule has 0 bridgehead atoms. The van der Waals surface area contributed by atoms with Gasteiger partial charge in [0.25, 0.3) is 5.69 Å². The van der Waals surface area contributed by atoms with Crippen LogP contribution in [0.2, 0.25) is 0 Å². The van der Waals surface area contributed by atoms with Crippen LogP contribution in [-0.2, 0) is 10.0 Å². The Labute approximate surface area is 155 Å². The van der Waals surface area contributed by atoms with Crippen molar-refractivity contribution in [3.05, 3.63) is 28.3 Å². The number of hydrogen-bond donors (Lipinski definition) is 0. The van der Waals surface area contributed by atoms with E-state index in [1.807, 2.05) is 4.90 Å². The summed E-state index contributed by atoms with van der Waals surface area (Å²) in [5.41, 5.74) is 0.409. The van der Waals surface area contributed by atoms with E-state index in [1.54, 1.807) is 6.07 Å². The van der Waals surface area contributed by atoms with Gasteiger partial charge in [0.2, 0.25) is 10.0 Å². The topological polar surface area (TPSA) is 83.8 Å². The smallest absolute Gasteiger partial charge is 0.293 e. The average molecular weight is 381 g/mol. The molecule has 144 valence electrons. The van der Waals surface area contributed by atoms with E-state index in [4.69, 9.17) is 0 Å². The Hall–Kier alpha value is -1.67. The molecule has 0 aromatic heterocycles. The summed E-state index contributed by atoms with van der Waals surface area (Å²) in [5.74, 6) is 0. The first-order chi connectivity index (χ1) is 12.4. The van der Waals surface area contributed by atoms with E-state index < -0.39 is 14.9 Å². The highest BCUT2D eigenvalue weighted by atomic mass is 32.2. The summed E-state index contributed by atoms with van der Waals surface area (Å²) < 4.78 is 27.4. The summed E-state index contributed by atoms with van der Waals surface area (Å²) in [7, 11) is -3.69. The van der Waals surface area contributed by atoms with Crippen molar-refractivity contribution in [3.8, 4) is 0 Å². The van der Waals surface area contributed by atoms with Gasteiger partial charge in [0, 0.05) is 31.7 Å². The zero-order valence-electron chi connectivity index (χ0n) is 15.3. The lowest BCUT2D eigenvalue weighted by molar-refractivity contribution is -0.384. The van der Waals surface area contributed by atoms with Gasteiger partial charge < -0.3 is 4.90 Å². The van der Waals surface area contributed by atoms with E-state index in [1.165, 1.54) is 16.4 Å². The monoisotopic (exact) mass is 381 g/mol. The van der Waals surface area contributed by atoms with Crippen LogP contribution >= 0.6 is 0 Å². The quantitative estimate of drug-likeness (QED) is 0.588. The molecule has 1 unspecified atom stereocenters. The zero-order chi connectivity index (χ0) is 18.7. The minimum absolute atomic E-state index is 0.0273. The number of nitro groups is 1. The highest BCUT2D eigenvalue weighted by Crippen LogP contribution is 2.35. The number of nitro benzene ring substituents is 1. The summed E-state index contributed by atoms with van der Waals surface area (Å²) in [6.07, 6.45) is 6.83. The highest BCUT2D eigenvalue weighted by Gasteiger charge is 2.30. The number of benzene rings is 1. The van der Waals surface area contributed by atoms with Crippen LogP contribution in [0, 0.1) is 10.1 Å². The molecule has 1 aromatic carbocycles. The molecular weight excluding hydrogens is 354 g/mol. The Morgan fingerprint density at radius 3 is 2.31 bits per heavy atom. The molecule has 0 radical (unpaired) electrons. The van der Waals surface area contributed by atoms with E-state index in [0.29, 0.717) is 18.8 Å². The Bertz CT molecular complexity index is 758. The van der Waals surface area contributed by atoms with Crippen molar-refractivity contribution in [2.24, 2.45) is 0 Å². The fourth-order valence-electron chi connectivity index (χ4n) is 3.94. The summed E-state index contributed by atoms with van der Waals surface area (Å²) in [4.78, 5) is 13.3. The Morgan fingerprint density at radius 1 is 1.04 bits per heavy atom. The number of anilines is 1. The lowest BCUT2D eigenvalue weighted by Crippen LogP contribution is -2.38. The Kier molecular flexibility index (Phi) is 5.82. The molecule has 0 aliphatic carbocycles. The first kappa shape index (κ1) is 19.1. The maximum atomic E-state index is 13.0. The number of hydrogen-bond acceptors (Lipinski definition) is 5. The van der Waals surface area contributed by atoms with Crippen LogP contribution in [0.3, 0.4) is 0 Å². The summed E-state index contributed by atoms with van der Waals surface area (Å²) >= 11 is 0. The van der Waals surface area contributed by atoms with Gasteiger partial charge in [-0.15, -0.1) is 0 Å². The largest absolute Gasteiger partial charge is 0.363 e. The average Bonchev–Trinajstić information content (AvgIpc) is 2.91. The standard InChI is InChI=1S/C18H27N3O4S/c1-15-8-4-7-13-20(15)17-10-9-16(14-18(17)21(22)23)26(24,25)19-11-5-2-3-6-12-19/h9-10,14-15H,2-8,11-13H2,1H3. The molecule has 2 heterocycles. The fourth-order valence-corrected chi connectivity index (χ4v) is 5.48. The van der Waals surface area contributed by atoms with Gasteiger partial charge in [-0.25, -0.2) is 8.42 Å². The van der Waals surface area contributed by atoms with Crippen LogP contribution in [0.5, 0.6) is 0 Å². The van der Waals surface area contributed by atoms with Crippen molar-refractivity contribution in [1.29, 1.82) is 0 Å². The molecular formula is C18H27N3O4S. The summed E-state index contributed by atoms with van der Waals surface area (Å²) in [5, 5.41) is 11.7. The molecule has 2 fully saturated rings. The van der Waals surface area contributed by atoms with Gasteiger partial charge in [-0.2, -0.15) is 4.31 Å². The van der Waals surface area contributed by atoms with Crippen LogP contribution in [0.4, 0.5) is 11.4 Å². The molecule has 3 rings (SSSR count). The molecule has 0 amide bonds. The van der Waals surface area contributed by atoms with Crippen molar-refractivity contribution < 1.29 is 13.3 Å². The minimum atomic E-state index is -3.69. The number of sulfonamides is 1. The minimum Gasteiger partial charge on any atom is -0.363 e. The van der Waals surface area contributed by atoms with Gasteiger partial charge in [0.15, 0.2) is 0 Å². The van der Waals surface area contributed by atoms with Crippen LogP contribution in [0.1, 0.15) is 51.9 Å². The Balaban J connectivity index is 1.96. The van der Waals surface area contributed by atoms with Gasteiger partial charge in [-0.1, -0.05) is 12.8 Å². The second-order valence-corrected chi connectivity index (χ2v) is 9.20. The molecule has 0 N–H and O–H groups in total. The first-order valence-electron chi connectivity index (χ1n) is 9.46. The normalized spacial score (nSPS) is 22.8. The third kappa shape index (κ3) is 3.86. The lowest BCUT2D eigenvalue weighted by atomic mass is 10.0. The molecule has 1 atom stereocenters. The second-order valence-electron chi connectivity index (χ2n) is 7.26. The van der Waals surface area contributed by atoms with Crippen molar-refractivity contribution in [1.82, 2.24) is 4.31 Å². The first-order valence-corrected chi connectivity index (χ1v) is 10.9. The molecule has 0 spiro atoms. The number of nitrogens with zero attached hydrogens (tertiary/aromatic N) is 3. The Morgan fingerprint density at radius 2 is 1.69 bits per heavy atom. The predicted octanol–water partition coefficient (Wildman–Crippen LogP) is 3.54. The molecule has 8 heteroatoms. The van der Waals surface area contributed by atoms with Gasteiger partial charge in [-0.05, 0) is 51.2 Å². The SMILES string of the molecule is CC1CCCCN1c1ccc(S(=O)(=O)N2CCCCCC2)cc1[N+](=O)[O-]. The summed E-state index contributed by atoms with van der Waals surface area (Å²) in [6.45, 7) is 3.80.